The third-order valence-corrected chi connectivity index (χ3v) is 3.12. The third-order valence-electron chi connectivity index (χ3n) is 3.12. The molecular weight excluding hydrogens is 244 g/mol. The maximum Gasteiger partial charge on any atom is 0.205 e. The van der Waals surface area contributed by atoms with Crippen molar-refractivity contribution in [3.63, 3.8) is 0 Å². The van der Waals surface area contributed by atoms with Gasteiger partial charge in [-0.3, -0.25) is 4.98 Å². The summed E-state index contributed by atoms with van der Waals surface area (Å²) in [5.74, 6) is 0.222. The van der Waals surface area contributed by atoms with E-state index < -0.39 is 5.79 Å². The molecule has 0 atom stereocenters. The molecular formula is C13H16N4O2. The van der Waals surface area contributed by atoms with Crippen molar-refractivity contribution in [2.24, 2.45) is 0 Å². The minimum atomic E-state index is -0.606. The molecule has 0 saturated heterocycles. The molecule has 1 aliphatic heterocycles. The summed E-state index contributed by atoms with van der Waals surface area (Å²) < 4.78 is 13.3. The van der Waals surface area contributed by atoms with E-state index in [0.717, 1.165) is 22.6 Å². The maximum absolute atomic E-state index is 5.88. The first-order valence-electron chi connectivity index (χ1n) is 6.18. The first-order chi connectivity index (χ1) is 9.05. The molecule has 2 aromatic rings. The van der Waals surface area contributed by atoms with Crippen LogP contribution in [-0.4, -0.2) is 25.5 Å². The van der Waals surface area contributed by atoms with Gasteiger partial charge in [-0.2, -0.15) is 5.10 Å². The van der Waals surface area contributed by atoms with Crippen LogP contribution >= 0.6 is 0 Å². The minimum absolute atomic E-state index is 0.524. The molecule has 0 fully saturated rings. The lowest BCUT2D eigenvalue weighted by atomic mass is 10.1. The van der Waals surface area contributed by atoms with E-state index in [-0.39, 0.29) is 0 Å². The van der Waals surface area contributed by atoms with Gasteiger partial charge in [0.1, 0.15) is 18.4 Å². The van der Waals surface area contributed by atoms with Gasteiger partial charge < -0.3 is 9.47 Å². The van der Waals surface area contributed by atoms with Gasteiger partial charge in [0.15, 0.2) is 0 Å². The van der Waals surface area contributed by atoms with Gasteiger partial charge in [0.25, 0.3) is 0 Å². The Morgan fingerprint density at radius 1 is 1.42 bits per heavy atom. The second kappa shape index (κ2) is 4.31. The maximum atomic E-state index is 5.88. The molecule has 6 nitrogen and oxygen atoms in total. The average Bonchev–Trinajstić information content (AvgIpc) is 2.85. The molecule has 0 unspecified atom stereocenters. The number of aromatic nitrogens is 4. The van der Waals surface area contributed by atoms with Crippen molar-refractivity contribution in [1.82, 2.24) is 19.7 Å². The monoisotopic (exact) mass is 260 g/mol. The Kier molecular flexibility index (Phi) is 2.74. The van der Waals surface area contributed by atoms with Crippen molar-refractivity contribution in [3.8, 4) is 5.75 Å². The predicted octanol–water partition coefficient (Wildman–Crippen LogP) is 1.67. The van der Waals surface area contributed by atoms with E-state index in [4.69, 9.17) is 9.47 Å². The van der Waals surface area contributed by atoms with Crippen LogP contribution in [-0.2, 0) is 17.9 Å². The van der Waals surface area contributed by atoms with Gasteiger partial charge >= 0.3 is 0 Å². The van der Waals surface area contributed by atoms with Crippen LogP contribution in [0.4, 0.5) is 0 Å². The Bertz CT molecular complexity index is 593. The van der Waals surface area contributed by atoms with Crippen molar-refractivity contribution in [2.75, 3.05) is 0 Å². The highest BCUT2D eigenvalue weighted by Gasteiger charge is 2.30. The number of nitrogens with zero attached hydrogens (tertiary/aromatic N) is 4. The van der Waals surface area contributed by atoms with E-state index in [1.54, 1.807) is 11.0 Å². The molecule has 0 aromatic carbocycles. The second-order valence-corrected chi connectivity index (χ2v) is 5.06. The number of aryl methyl sites for hydroxylation is 1. The highest BCUT2D eigenvalue weighted by Crippen LogP contribution is 2.35. The van der Waals surface area contributed by atoms with Crippen LogP contribution in [0.3, 0.4) is 0 Å². The molecule has 0 saturated carbocycles. The zero-order valence-corrected chi connectivity index (χ0v) is 11.3. The molecule has 0 radical (unpaired) electrons. The zero-order valence-electron chi connectivity index (χ0n) is 11.3. The summed E-state index contributed by atoms with van der Waals surface area (Å²) in [5.41, 5.74) is 2.97. The van der Waals surface area contributed by atoms with E-state index >= 15 is 0 Å². The van der Waals surface area contributed by atoms with E-state index in [1.165, 1.54) is 6.33 Å². The Hall–Kier alpha value is -1.95. The SMILES string of the molecule is Cc1ncc(Cn2cncn2)c2c1OC(C)(C)OC2. The predicted molar refractivity (Wildman–Crippen MR) is 67.6 cm³/mol. The topological polar surface area (TPSA) is 62.1 Å². The highest BCUT2D eigenvalue weighted by molar-refractivity contribution is 5.42. The largest absolute Gasteiger partial charge is 0.461 e. The minimum Gasteiger partial charge on any atom is -0.461 e. The summed E-state index contributed by atoms with van der Waals surface area (Å²) in [7, 11) is 0. The molecule has 0 N–H and O–H groups in total. The molecule has 100 valence electrons. The lowest BCUT2D eigenvalue weighted by Gasteiger charge is -2.34. The van der Waals surface area contributed by atoms with Crippen molar-refractivity contribution in [3.05, 3.63) is 35.7 Å². The summed E-state index contributed by atoms with van der Waals surface area (Å²) >= 11 is 0. The molecule has 3 rings (SSSR count). The lowest BCUT2D eigenvalue weighted by molar-refractivity contribution is -0.180. The third kappa shape index (κ3) is 2.31. The lowest BCUT2D eigenvalue weighted by Crippen LogP contribution is -2.36. The molecule has 6 heteroatoms. The Balaban J connectivity index is 1.99. The molecule has 19 heavy (non-hydrogen) atoms. The average molecular weight is 260 g/mol. The molecule has 0 aliphatic carbocycles. The van der Waals surface area contributed by atoms with E-state index in [0.29, 0.717) is 13.2 Å². The van der Waals surface area contributed by atoms with E-state index in [2.05, 4.69) is 15.1 Å². The van der Waals surface area contributed by atoms with Crippen LogP contribution in [0.25, 0.3) is 0 Å². The van der Waals surface area contributed by atoms with Crippen molar-refractivity contribution in [1.29, 1.82) is 0 Å². The molecule has 2 aromatic heterocycles. The van der Waals surface area contributed by atoms with Crippen molar-refractivity contribution >= 4 is 0 Å². The number of hydrogen-bond acceptors (Lipinski definition) is 5. The number of pyridine rings is 1. The summed E-state index contributed by atoms with van der Waals surface area (Å²) in [6.07, 6.45) is 5.05. The van der Waals surface area contributed by atoms with Crippen molar-refractivity contribution < 1.29 is 9.47 Å². The molecule has 3 heterocycles. The Labute approximate surface area is 111 Å². The summed E-state index contributed by atoms with van der Waals surface area (Å²) in [6, 6.07) is 0. The summed E-state index contributed by atoms with van der Waals surface area (Å²) in [6.45, 7) is 6.89. The second-order valence-electron chi connectivity index (χ2n) is 5.06. The first-order valence-corrected chi connectivity index (χ1v) is 6.18. The van der Waals surface area contributed by atoms with Gasteiger partial charge in [-0.15, -0.1) is 0 Å². The van der Waals surface area contributed by atoms with Crippen LogP contribution < -0.4 is 4.74 Å². The Morgan fingerprint density at radius 3 is 3.00 bits per heavy atom. The van der Waals surface area contributed by atoms with Crippen LogP contribution in [0.2, 0.25) is 0 Å². The first kappa shape index (κ1) is 12.1. The fourth-order valence-electron chi connectivity index (χ4n) is 2.12. The van der Waals surface area contributed by atoms with Gasteiger partial charge in [0.2, 0.25) is 5.79 Å². The van der Waals surface area contributed by atoms with Crippen molar-refractivity contribution in [2.45, 2.75) is 39.7 Å². The highest BCUT2D eigenvalue weighted by atomic mass is 16.7. The van der Waals surface area contributed by atoms with Gasteiger partial charge in [-0.1, -0.05) is 0 Å². The van der Waals surface area contributed by atoms with Gasteiger partial charge in [0.05, 0.1) is 18.8 Å². The summed E-state index contributed by atoms with van der Waals surface area (Å²) in [4.78, 5) is 8.34. The quantitative estimate of drug-likeness (QED) is 0.822. The van der Waals surface area contributed by atoms with E-state index in [1.807, 2.05) is 27.0 Å². The van der Waals surface area contributed by atoms with Crippen LogP contribution in [0.1, 0.15) is 30.7 Å². The number of fused-ring (bicyclic) bond motifs is 1. The van der Waals surface area contributed by atoms with E-state index in [9.17, 15) is 0 Å². The molecule has 0 bridgehead atoms. The smallest absolute Gasteiger partial charge is 0.205 e. The molecule has 1 aliphatic rings. The fourth-order valence-corrected chi connectivity index (χ4v) is 2.12. The Morgan fingerprint density at radius 2 is 2.26 bits per heavy atom. The summed E-state index contributed by atoms with van der Waals surface area (Å²) in [5, 5.41) is 4.11. The zero-order chi connectivity index (χ0) is 13.5. The number of rotatable bonds is 2. The molecule has 0 amide bonds. The van der Waals surface area contributed by atoms with Crippen LogP contribution in [0.5, 0.6) is 5.75 Å². The van der Waals surface area contributed by atoms with Gasteiger partial charge in [-0.05, 0) is 6.92 Å². The van der Waals surface area contributed by atoms with Crippen LogP contribution in [0.15, 0.2) is 18.9 Å². The molecule has 0 spiro atoms. The van der Waals surface area contributed by atoms with Crippen LogP contribution in [0, 0.1) is 6.92 Å². The normalized spacial score (nSPS) is 16.8. The standard InChI is InChI=1S/C13H16N4O2/c1-9-12-11(6-18-13(2,3)19-12)10(4-15-9)5-17-8-14-7-16-17/h4,7-8H,5-6H2,1-3H3. The number of hydrogen-bond donors (Lipinski definition) is 0. The van der Waals surface area contributed by atoms with Gasteiger partial charge in [0, 0.05) is 31.2 Å². The number of ether oxygens (including phenoxy) is 2. The van der Waals surface area contributed by atoms with Gasteiger partial charge in [-0.25, -0.2) is 9.67 Å². The fraction of sp³-hybridized carbons (Fsp3) is 0.462.